The number of aryl methyl sites for hydroxylation is 2. The summed E-state index contributed by atoms with van der Waals surface area (Å²) < 4.78 is 1.78. The largest absolute Gasteiger partial charge is 0.308 e. The normalized spacial score (nSPS) is 16.9. The highest BCUT2D eigenvalue weighted by Gasteiger charge is 2.31. The summed E-state index contributed by atoms with van der Waals surface area (Å²) in [6.07, 6.45) is 5.15. The summed E-state index contributed by atoms with van der Waals surface area (Å²) in [6, 6.07) is 18.3. The van der Waals surface area contributed by atoms with Crippen LogP contribution in [0.3, 0.4) is 0 Å². The highest BCUT2D eigenvalue weighted by atomic mass is 32.2. The van der Waals surface area contributed by atoms with Gasteiger partial charge in [0.1, 0.15) is 4.83 Å². The van der Waals surface area contributed by atoms with Gasteiger partial charge in [0.05, 0.1) is 17.7 Å². The van der Waals surface area contributed by atoms with E-state index in [0.29, 0.717) is 11.7 Å². The highest BCUT2D eigenvalue weighted by Crippen LogP contribution is 2.36. The molecule has 0 fully saturated rings. The van der Waals surface area contributed by atoms with E-state index in [1.165, 1.54) is 34.2 Å². The minimum Gasteiger partial charge on any atom is -0.308 e. The van der Waals surface area contributed by atoms with Crippen molar-refractivity contribution in [2.45, 2.75) is 56.8 Å². The number of fused-ring (bicyclic) bond motifs is 4. The number of hydrogen-bond acceptors (Lipinski definition) is 5. The number of thioether (sulfide) groups is 1. The molecular formula is C28H27N3O2S2. The van der Waals surface area contributed by atoms with Gasteiger partial charge in [-0.3, -0.25) is 14.2 Å². The Hall–Kier alpha value is -2.90. The van der Waals surface area contributed by atoms with Crippen LogP contribution in [0.15, 0.2) is 64.5 Å². The zero-order valence-corrected chi connectivity index (χ0v) is 21.3. The number of rotatable bonds is 5. The van der Waals surface area contributed by atoms with Crippen LogP contribution < -0.4 is 10.5 Å². The van der Waals surface area contributed by atoms with Gasteiger partial charge in [-0.05, 0) is 61.8 Å². The molecule has 1 aliphatic carbocycles. The van der Waals surface area contributed by atoms with E-state index in [0.717, 1.165) is 47.2 Å². The van der Waals surface area contributed by atoms with Gasteiger partial charge in [-0.15, -0.1) is 11.3 Å². The predicted molar refractivity (Wildman–Crippen MR) is 144 cm³/mol. The Balaban J connectivity index is 1.36. The number of thiophene rings is 1. The molecule has 0 bridgehead atoms. The maximum absolute atomic E-state index is 13.8. The van der Waals surface area contributed by atoms with Gasteiger partial charge in [0.2, 0.25) is 5.91 Å². The molecule has 0 spiro atoms. The van der Waals surface area contributed by atoms with Crippen molar-refractivity contribution in [2.24, 2.45) is 0 Å². The SMILES string of the molecule is CC1Cc2ccccc2N1C(=O)CSc1nc2sc3c(c2c(=O)n1Cc1ccccc1)CCCC3. The molecule has 4 aromatic rings. The van der Waals surface area contributed by atoms with Crippen molar-refractivity contribution in [3.05, 3.63) is 86.5 Å². The monoisotopic (exact) mass is 501 g/mol. The van der Waals surface area contributed by atoms with Gasteiger partial charge in [0.25, 0.3) is 5.56 Å². The molecule has 7 heteroatoms. The molecule has 1 amide bonds. The van der Waals surface area contributed by atoms with E-state index < -0.39 is 0 Å². The van der Waals surface area contributed by atoms with Crippen LogP contribution >= 0.6 is 23.1 Å². The van der Waals surface area contributed by atoms with Crippen molar-refractivity contribution in [1.82, 2.24) is 9.55 Å². The van der Waals surface area contributed by atoms with Crippen LogP contribution in [0.4, 0.5) is 5.69 Å². The van der Waals surface area contributed by atoms with Gasteiger partial charge in [-0.1, -0.05) is 60.3 Å². The number of benzene rings is 2. The van der Waals surface area contributed by atoms with Crippen LogP contribution in [0.5, 0.6) is 0 Å². The van der Waals surface area contributed by atoms with Gasteiger partial charge in [-0.2, -0.15) is 0 Å². The molecule has 6 rings (SSSR count). The fraction of sp³-hybridized carbons (Fsp3) is 0.321. The lowest BCUT2D eigenvalue weighted by molar-refractivity contribution is -0.116. The number of amides is 1. The quantitative estimate of drug-likeness (QED) is 0.269. The lowest BCUT2D eigenvalue weighted by Gasteiger charge is -2.22. The molecular weight excluding hydrogens is 474 g/mol. The van der Waals surface area contributed by atoms with Gasteiger partial charge >= 0.3 is 0 Å². The molecule has 1 unspecified atom stereocenters. The summed E-state index contributed by atoms with van der Waals surface area (Å²) in [4.78, 5) is 36.2. The Morgan fingerprint density at radius 3 is 2.71 bits per heavy atom. The first kappa shape index (κ1) is 22.6. The second-order valence-electron chi connectivity index (χ2n) is 9.40. The van der Waals surface area contributed by atoms with Gasteiger partial charge in [-0.25, -0.2) is 4.98 Å². The van der Waals surface area contributed by atoms with Gasteiger partial charge < -0.3 is 4.90 Å². The second kappa shape index (κ2) is 9.28. The van der Waals surface area contributed by atoms with Gasteiger partial charge in [0.15, 0.2) is 5.16 Å². The number of anilines is 1. The van der Waals surface area contributed by atoms with E-state index in [1.54, 1.807) is 15.9 Å². The van der Waals surface area contributed by atoms with Crippen LogP contribution in [0.2, 0.25) is 0 Å². The Kier molecular flexibility index (Phi) is 5.98. The van der Waals surface area contributed by atoms with E-state index >= 15 is 0 Å². The molecule has 2 aromatic carbocycles. The zero-order chi connectivity index (χ0) is 23.9. The molecule has 3 heterocycles. The third-order valence-corrected chi connectivity index (χ3v) is 9.17. The number of aromatic nitrogens is 2. The number of para-hydroxylation sites is 1. The van der Waals surface area contributed by atoms with Crippen molar-refractivity contribution in [1.29, 1.82) is 0 Å². The first-order valence-corrected chi connectivity index (χ1v) is 14.0. The van der Waals surface area contributed by atoms with E-state index in [4.69, 9.17) is 4.98 Å². The predicted octanol–water partition coefficient (Wildman–Crippen LogP) is 5.46. The van der Waals surface area contributed by atoms with Crippen LogP contribution in [0.1, 0.15) is 41.3 Å². The minimum absolute atomic E-state index is 0.0214. The van der Waals surface area contributed by atoms with Crippen molar-refractivity contribution < 1.29 is 4.79 Å². The molecule has 2 aliphatic rings. The van der Waals surface area contributed by atoms with Crippen LogP contribution in [0.25, 0.3) is 10.2 Å². The number of nitrogens with zero attached hydrogens (tertiary/aromatic N) is 3. The van der Waals surface area contributed by atoms with Crippen molar-refractivity contribution in [3.63, 3.8) is 0 Å². The number of hydrogen-bond donors (Lipinski definition) is 0. The van der Waals surface area contributed by atoms with E-state index in [1.807, 2.05) is 53.4 Å². The molecule has 1 atom stereocenters. The Morgan fingerprint density at radius 1 is 1.09 bits per heavy atom. The molecule has 35 heavy (non-hydrogen) atoms. The fourth-order valence-electron chi connectivity index (χ4n) is 5.38. The molecule has 5 nitrogen and oxygen atoms in total. The summed E-state index contributed by atoms with van der Waals surface area (Å²) >= 11 is 3.04. The third kappa shape index (κ3) is 4.10. The third-order valence-electron chi connectivity index (χ3n) is 7.02. The fourth-order valence-corrected chi connectivity index (χ4v) is 7.54. The minimum atomic E-state index is 0.0214. The van der Waals surface area contributed by atoms with Crippen LogP contribution in [-0.4, -0.2) is 27.3 Å². The first-order chi connectivity index (χ1) is 17.1. The van der Waals surface area contributed by atoms with E-state index in [9.17, 15) is 9.59 Å². The Labute approximate surface area is 212 Å². The van der Waals surface area contributed by atoms with E-state index in [2.05, 4.69) is 13.0 Å². The summed E-state index contributed by atoms with van der Waals surface area (Å²) in [7, 11) is 0. The average molecular weight is 502 g/mol. The lowest BCUT2D eigenvalue weighted by atomic mass is 9.97. The molecule has 178 valence electrons. The lowest BCUT2D eigenvalue weighted by Crippen LogP contribution is -2.37. The molecule has 0 saturated carbocycles. The number of carbonyl (C=O) groups excluding carboxylic acids is 1. The summed E-state index contributed by atoms with van der Waals surface area (Å²) in [5, 5.41) is 1.41. The smallest absolute Gasteiger partial charge is 0.263 e. The summed E-state index contributed by atoms with van der Waals surface area (Å²) in [5.41, 5.74) is 4.48. The molecule has 0 radical (unpaired) electrons. The molecule has 0 saturated heterocycles. The topological polar surface area (TPSA) is 55.2 Å². The Bertz CT molecular complexity index is 1480. The standard InChI is InChI=1S/C28H27N3O2S2/c1-18-15-20-11-5-7-13-22(20)31(18)24(32)17-34-28-29-26-25(21-12-6-8-14-23(21)35-26)27(33)30(28)16-19-9-3-2-4-10-19/h2-5,7,9-11,13,18H,6,8,12,14-17H2,1H3. The first-order valence-electron chi connectivity index (χ1n) is 12.2. The second-order valence-corrected chi connectivity index (χ2v) is 11.4. The van der Waals surface area contributed by atoms with Crippen LogP contribution in [-0.2, 0) is 30.6 Å². The maximum atomic E-state index is 13.8. The summed E-state index contributed by atoms with van der Waals surface area (Å²) in [6.45, 7) is 2.54. The van der Waals surface area contributed by atoms with Crippen molar-refractivity contribution in [3.8, 4) is 0 Å². The van der Waals surface area contributed by atoms with Gasteiger partial charge in [0, 0.05) is 16.6 Å². The van der Waals surface area contributed by atoms with Crippen molar-refractivity contribution in [2.75, 3.05) is 10.7 Å². The van der Waals surface area contributed by atoms with Crippen LogP contribution in [0, 0.1) is 0 Å². The average Bonchev–Trinajstić information content (AvgIpc) is 3.41. The maximum Gasteiger partial charge on any atom is 0.263 e. The van der Waals surface area contributed by atoms with Crippen molar-refractivity contribution >= 4 is 44.9 Å². The molecule has 2 aromatic heterocycles. The van der Waals surface area contributed by atoms with E-state index in [-0.39, 0.29) is 23.3 Å². The zero-order valence-electron chi connectivity index (χ0n) is 19.7. The highest BCUT2D eigenvalue weighted by molar-refractivity contribution is 7.99. The summed E-state index contributed by atoms with van der Waals surface area (Å²) in [5.74, 6) is 0.301. The molecule has 0 N–H and O–H groups in total. The Morgan fingerprint density at radius 2 is 1.86 bits per heavy atom. The molecule has 1 aliphatic heterocycles. The number of carbonyl (C=O) groups is 1.